The maximum absolute atomic E-state index is 6.14. The number of ether oxygens (including phenoxy) is 1. The Balaban J connectivity index is 2.21. The molecule has 2 N–H and O–H groups in total. The molecule has 0 aliphatic carbocycles. The maximum Gasteiger partial charge on any atom is 0.0746 e. The van der Waals surface area contributed by atoms with E-state index in [2.05, 4.69) is 46.0 Å². The van der Waals surface area contributed by atoms with Gasteiger partial charge in [0.1, 0.15) is 0 Å². The summed E-state index contributed by atoms with van der Waals surface area (Å²) in [5, 5.41) is 0. The number of nitrogens with two attached hydrogens (primary N) is 1. The third-order valence-electron chi connectivity index (χ3n) is 4.11. The lowest BCUT2D eigenvalue weighted by Crippen LogP contribution is -2.40. The van der Waals surface area contributed by atoms with Gasteiger partial charge in [0.2, 0.25) is 0 Å². The maximum atomic E-state index is 6.14. The van der Waals surface area contributed by atoms with Crippen molar-refractivity contribution in [3.63, 3.8) is 0 Å². The second-order valence-corrected chi connectivity index (χ2v) is 6.51. The van der Waals surface area contributed by atoms with E-state index in [1.165, 1.54) is 17.7 Å². The van der Waals surface area contributed by atoms with Crippen LogP contribution in [0.25, 0.3) is 0 Å². The van der Waals surface area contributed by atoms with E-state index >= 15 is 0 Å². The van der Waals surface area contributed by atoms with Crippen molar-refractivity contribution < 1.29 is 4.74 Å². The standard InChI is InChI=1S/C16H25BrN2O/c1-3-14(18)9-12-6-7-13(17)10-16(12)19-8-4-5-15(11-19)20-2/h6-7,10,14-15H,3-5,8-9,11,18H2,1-2H3. The van der Waals surface area contributed by atoms with Crippen LogP contribution in [0.4, 0.5) is 5.69 Å². The van der Waals surface area contributed by atoms with E-state index in [0.29, 0.717) is 6.10 Å². The van der Waals surface area contributed by atoms with Gasteiger partial charge in [-0.25, -0.2) is 0 Å². The van der Waals surface area contributed by atoms with Crippen LogP contribution in [0.1, 0.15) is 31.7 Å². The fourth-order valence-corrected chi connectivity index (χ4v) is 3.13. The van der Waals surface area contributed by atoms with Gasteiger partial charge < -0.3 is 15.4 Å². The molecule has 1 fully saturated rings. The van der Waals surface area contributed by atoms with Crippen LogP contribution in [0.5, 0.6) is 0 Å². The van der Waals surface area contributed by atoms with Crippen molar-refractivity contribution >= 4 is 21.6 Å². The largest absolute Gasteiger partial charge is 0.380 e. The number of methoxy groups -OCH3 is 1. The lowest BCUT2D eigenvalue weighted by atomic mass is 10.00. The molecule has 3 nitrogen and oxygen atoms in total. The van der Waals surface area contributed by atoms with Crippen LogP contribution in [0.15, 0.2) is 22.7 Å². The molecule has 0 saturated carbocycles. The van der Waals surface area contributed by atoms with Crippen molar-refractivity contribution in [2.75, 3.05) is 25.1 Å². The Bertz CT molecular complexity index is 438. The normalized spacial score (nSPS) is 21.0. The van der Waals surface area contributed by atoms with Crippen molar-refractivity contribution in [2.45, 2.75) is 44.8 Å². The van der Waals surface area contributed by atoms with Gasteiger partial charge in [0.25, 0.3) is 0 Å². The van der Waals surface area contributed by atoms with Gasteiger partial charge in [-0.3, -0.25) is 0 Å². The van der Waals surface area contributed by atoms with Crippen molar-refractivity contribution in [1.82, 2.24) is 0 Å². The molecule has 2 unspecified atom stereocenters. The Morgan fingerprint density at radius 3 is 3.00 bits per heavy atom. The van der Waals surface area contributed by atoms with Crippen molar-refractivity contribution in [3.05, 3.63) is 28.2 Å². The number of hydrogen-bond acceptors (Lipinski definition) is 3. The molecule has 1 aromatic rings. The first-order chi connectivity index (χ1) is 9.63. The molecule has 0 bridgehead atoms. The molecule has 0 amide bonds. The van der Waals surface area contributed by atoms with E-state index in [1.807, 2.05) is 7.11 Å². The predicted molar refractivity (Wildman–Crippen MR) is 88.4 cm³/mol. The lowest BCUT2D eigenvalue weighted by Gasteiger charge is -2.35. The molecule has 20 heavy (non-hydrogen) atoms. The number of anilines is 1. The zero-order valence-electron chi connectivity index (χ0n) is 12.4. The Kier molecular flexibility index (Phi) is 5.87. The van der Waals surface area contributed by atoms with Gasteiger partial charge >= 0.3 is 0 Å². The van der Waals surface area contributed by atoms with E-state index in [9.17, 15) is 0 Å². The fraction of sp³-hybridized carbons (Fsp3) is 0.625. The average molecular weight is 341 g/mol. The van der Waals surface area contributed by atoms with Gasteiger partial charge in [-0.1, -0.05) is 28.9 Å². The summed E-state index contributed by atoms with van der Waals surface area (Å²) in [6.45, 7) is 4.22. The highest BCUT2D eigenvalue weighted by molar-refractivity contribution is 9.10. The molecule has 0 aromatic heterocycles. The summed E-state index contributed by atoms with van der Waals surface area (Å²) in [6.07, 6.45) is 4.63. The van der Waals surface area contributed by atoms with Gasteiger partial charge in [-0.2, -0.15) is 0 Å². The molecule has 112 valence electrons. The minimum atomic E-state index is 0.234. The molecule has 0 spiro atoms. The zero-order chi connectivity index (χ0) is 14.5. The second-order valence-electron chi connectivity index (χ2n) is 5.59. The van der Waals surface area contributed by atoms with Crippen LogP contribution >= 0.6 is 15.9 Å². The zero-order valence-corrected chi connectivity index (χ0v) is 14.0. The summed E-state index contributed by atoms with van der Waals surface area (Å²) in [7, 11) is 1.81. The molecule has 1 aromatic carbocycles. The number of rotatable bonds is 5. The molecular formula is C16H25BrN2O. The Morgan fingerprint density at radius 1 is 1.50 bits per heavy atom. The molecule has 4 heteroatoms. The van der Waals surface area contributed by atoms with Crippen LogP contribution in [0.2, 0.25) is 0 Å². The third kappa shape index (κ3) is 3.96. The van der Waals surface area contributed by atoms with Gasteiger partial charge in [0.15, 0.2) is 0 Å². The van der Waals surface area contributed by atoms with Gasteiger partial charge in [-0.15, -0.1) is 0 Å². The molecule has 1 aliphatic heterocycles. The molecule has 1 saturated heterocycles. The predicted octanol–water partition coefficient (Wildman–Crippen LogP) is 3.34. The second kappa shape index (κ2) is 7.43. The van der Waals surface area contributed by atoms with E-state index in [0.717, 1.165) is 36.8 Å². The quantitative estimate of drug-likeness (QED) is 0.893. The summed E-state index contributed by atoms with van der Waals surface area (Å²) in [5.74, 6) is 0. The van der Waals surface area contributed by atoms with E-state index in [4.69, 9.17) is 10.5 Å². The first kappa shape index (κ1) is 15.8. The number of benzene rings is 1. The highest BCUT2D eigenvalue weighted by Gasteiger charge is 2.22. The molecule has 1 heterocycles. The Hall–Kier alpha value is -0.580. The summed E-state index contributed by atoms with van der Waals surface area (Å²) in [4.78, 5) is 2.44. The van der Waals surface area contributed by atoms with Crippen LogP contribution in [0.3, 0.4) is 0 Å². The first-order valence-corrected chi connectivity index (χ1v) is 8.25. The highest BCUT2D eigenvalue weighted by Crippen LogP contribution is 2.29. The van der Waals surface area contributed by atoms with Crippen molar-refractivity contribution in [1.29, 1.82) is 0 Å². The van der Waals surface area contributed by atoms with Gasteiger partial charge in [0.05, 0.1) is 6.10 Å². The smallest absolute Gasteiger partial charge is 0.0746 e. The number of hydrogen-bond donors (Lipinski definition) is 1. The van der Waals surface area contributed by atoms with Crippen LogP contribution in [-0.2, 0) is 11.2 Å². The van der Waals surface area contributed by atoms with Crippen LogP contribution in [0, 0.1) is 0 Å². The number of nitrogens with zero attached hydrogens (tertiary/aromatic N) is 1. The van der Waals surface area contributed by atoms with Crippen LogP contribution in [-0.4, -0.2) is 32.3 Å². The minimum absolute atomic E-state index is 0.234. The number of piperidine rings is 1. The summed E-state index contributed by atoms with van der Waals surface area (Å²) < 4.78 is 6.66. The summed E-state index contributed by atoms with van der Waals surface area (Å²) >= 11 is 3.59. The van der Waals surface area contributed by atoms with Crippen molar-refractivity contribution in [3.8, 4) is 0 Å². The van der Waals surface area contributed by atoms with Gasteiger partial charge in [0, 0.05) is 36.4 Å². The monoisotopic (exact) mass is 340 g/mol. The molecule has 0 radical (unpaired) electrons. The summed E-state index contributed by atoms with van der Waals surface area (Å²) in [6, 6.07) is 6.76. The minimum Gasteiger partial charge on any atom is -0.380 e. The summed E-state index contributed by atoms with van der Waals surface area (Å²) in [5.41, 5.74) is 8.80. The fourth-order valence-electron chi connectivity index (χ4n) is 2.78. The highest BCUT2D eigenvalue weighted by atomic mass is 79.9. The molecule has 1 aliphatic rings. The SMILES string of the molecule is CCC(N)Cc1ccc(Br)cc1N1CCCC(OC)C1. The van der Waals surface area contributed by atoms with Crippen LogP contribution < -0.4 is 10.6 Å². The molecule has 2 rings (SSSR count). The number of halogens is 1. The average Bonchev–Trinajstić information content (AvgIpc) is 2.49. The first-order valence-electron chi connectivity index (χ1n) is 7.45. The third-order valence-corrected chi connectivity index (χ3v) is 4.60. The Labute approximate surface area is 130 Å². The van der Waals surface area contributed by atoms with Gasteiger partial charge in [-0.05, 0) is 43.4 Å². The molecule has 2 atom stereocenters. The van der Waals surface area contributed by atoms with E-state index in [1.54, 1.807) is 0 Å². The van der Waals surface area contributed by atoms with Crippen molar-refractivity contribution in [2.24, 2.45) is 5.73 Å². The lowest BCUT2D eigenvalue weighted by molar-refractivity contribution is 0.0893. The van der Waals surface area contributed by atoms with E-state index in [-0.39, 0.29) is 6.04 Å². The Morgan fingerprint density at radius 2 is 2.30 bits per heavy atom. The topological polar surface area (TPSA) is 38.5 Å². The molecular weight excluding hydrogens is 316 g/mol. The van der Waals surface area contributed by atoms with E-state index < -0.39 is 0 Å².